The third-order valence-electron chi connectivity index (χ3n) is 3.73. The molecular weight excluding hydrogens is 358 g/mol. The summed E-state index contributed by atoms with van der Waals surface area (Å²) < 4.78 is 34.1. The van der Waals surface area contributed by atoms with Gasteiger partial charge in [0, 0.05) is 23.4 Å². The summed E-state index contributed by atoms with van der Waals surface area (Å²) in [6.07, 6.45) is 0.336. The van der Waals surface area contributed by atoms with Crippen molar-refractivity contribution in [3.8, 4) is 11.5 Å². The van der Waals surface area contributed by atoms with Crippen molar-refractivity contribution in [3.63, 3.8) is 0 Å². The largest absolute Gasteiger partial charge is 0.493 e. The van der Waals surface area contributed by atoms with Crippen molar-refractivity contribution < 1.29 is 27.8 Å². The Hall–Kier alpha value is -3.16. The van der Waals surface area contributed by atoms with Crippen LogP contribution in [-0.2, 0) is 4.79 Å². The lowest BCUT2D eigenvalue weighted by Gasteiger charge is -2.13. The summed E-state index contributed by atoms with van der Waals surface area (Å²) in [5, 5.41) is 5.45. The first-order valence-electron chi connectivity index (χ1n) is 8.18. The molecule has 0 bridgehead atoms. The van der Waals surface area contributed by atoms with E-state index >= 15 is 0 Å². The van der Waals surface area contributed by atoms with E-state index in [9.17, 15) is 18.4 Å². The van der Waals surface area contributed by atoms with E-state index in [1.165, 1.54) is 25.3 Å². The minimum atomic E-state index is -3.00. The third-order valence-corrected chi connectivity index (χ3v) is 3.73. The molecule has 0 heterocycles. The maximum Gasteiger partial charge on any atom is 0.387 e. The molecule has 0 aliphatic heterocycles. The van der Waals surface area contributed by atoms with E-state index < -0.39 is 12.5 Å². The van der Waals surface area contributed by atoms with Gasteiger partial charge < -0.3 is 20.1 Å². The number of rotatable bonds is 7. The molecule has 0 unspecified atom stereocenters. The van der Waals surface area contributed by atoms with Gasteiger partial charge in [0.05, 0.1) is 7.11 Å². The van der Waals surface area contributed by atoms with E-state index in [0.717, 1.165) is 5.56 Å². The molecule has 144 valence electrons. The topological polar surface area (TPSA) is 76.7 Å². The van der Waals surface area contributed by atoms with Gasteiger partial charge in [-0.15, -0.1) is 0 Å². The van der Waals surface area contributed by atoms with Crippen LogP contribution in [0.2, 0.25) is 0 Å². The first kappa shape index (κ1) is 20.2. The average molecular weight is 378 g/mol. The van der Waals surface area contributed by atoms with Crippen LogP contribution in [0.25, 0.3) is 0 Å². The zero-order chi connectivity index (χ0) is 20.0. The number of hydrogen-bond acceptors (Lipinski definition) is 4. The van der Waals surface area contributed by atoms with Crippen LogP contribution in [-0.4, -0.2) is 25.5 Å². The highest BCUT2D eigenvalue weighted by Crippen LogP contribution is 2.30. The second-order valence-corrected chi connectivity index (χ2v) is 5.63. The summed E-state index contributed by atoms with van der Waals surface area (Å²) in [6, 6.07) is 9.05. The van der Waals surface area contributed by atoms with Gasteiger partial charge in [-0.3, -0.25) is 9.59 Å². The first-order valence-corrected chi connectivity index (χ1v) is 8.18. The third kappa shape index (κ3) is 5.40. The number of benzene rings is 2. The molecule has 27 heavy (non-hydrogen) atoms. The smallest absolute Gasteiger partial charge is 0.387 e. The number of hydrogen-bond donors (Lipinski definition) is 2. The quantitative estimate of drug-likeness (QED) is 0.757. The molecule has 0 radical (unpaired) electrons. The Kier molecular flexibility index (Phi) is 6.70. The van der Waals surface area contributed by atoms with Crippen LogP contribution in [0.3, 0.4) is 0 Å². The fourth-order valence-electron chi connectivity index (χ4n) is 2.28. The van der Waals surface area contributed by atoms with Crippen molar-refractivity contribution >= 4 is 23.2 Å². The first-order chi connectivity index (χ1) is 12.8. The molecule has 0 aliphatic rings. The summed E-state index contributed by atoms with van der Waals surface area (Å²) in [5.74, 6) is -0.748. The molecule has 6 nitrogen and oxygen atoms in total. The zero-order valence-electron chi connectivity index (χ0n) is 15.1. The van der Waals surface area contributed by atoms with Gasteiger partial charge in [-0.2, -0.15) is 8.78 Å². The van der Waals surface area contributed by atoms with E-state index in [0.29, 0.717) is 17.8 Å². The fourth-order valence-corrected chi connectivity index (χ4v) is 2.28. The van der Waals surface area contributed by atoms with Crippen molar-refractivity contribution in [2.45, 2.75) is 26.9 Å². The number of anilines is 2. The number of halogens is 2. The normalized spacial score (nSPS) is 10.4. The maximum absolute atomic E-state index is 12.5. The van der Waals surface area contributed by atoms with Gasteiger partial charge in [0.25, 0.3) is 5.91 Å². The number of aryl methyl sites for hydroxylation is 1. The number of amides is 2. The number of carbonyl (C=O) groups excluding carboxylic acids is 2. The van der Waals surface area contributed by atoms with Gasteiger partial charge in [-0.1, -0.05) is 13.0 Å². The van der Waals surface area contributed by atoms with Gasteiger partial charge in [0.15, 0.2) is 11.5 Å². The van der Waals surface area contributed by atoms with E-state index in [-0.39, 0.29) is 23.0 Å². The molecule has 2 N–H and O–H groups in total. The van der Waals surface area contributed by atoms with Crippen LogP contribution < -0.4 is 20.1 Å². The monoisotopic (exact) mass is 378 g/mol. The summed E-state index contributed by atoms with van der Waals surface area (Å²) in [6.45, 7) is 0.546. The summed E-state index contributed by atoms with van der Waals surface area (Å²) in [7, 11) is 1.29. The number of nitrogens with one attached hydrogen (secondary N) is 2. The van der Waals surface area contributed by atoms with Crippen LogP contribution in [0.4, 0.5) is 20.2 Å². The van der Waals surface area contributed by atoms with E-state index in [1.807, 2.05) is 0 Å². The minimum absolute atomic E-state index is 0.0173. The minimum Gasteiger partial charge on any atom is -0.493 e. The van der Waals surface area contributed by atoms with Gasteiger partial charge >= 0.3 is 6.61 Å². The van der Waals surface area contributed by atoms with Crippen molar-refractivity contribution in [2.75, 3.05) is 17.7 Å². The molecule has 0 atom stereocenters. The average Bonchev–Trinajstić information content (AvgIpc) is 2.64. The van der Waals surface area contributed by atoms with Crippen molar-refractivity contribution in [3.05, 3.63) is 47.5 Å². The number of carbonyl (C=O) groups is 2. The Morgan fingerprint density at radius 2 is 1.81 bits per heavy atom. The molecular formula is C19H20F2N2O4. The van der Waals surface area contributed by atoms with E-state index in [2.05, 4.69) is 15.4 Å². The number of ether oxygens (including phenoxy) is 2. The standard InChI is InChI=1S/C19H20F2N2O4/c1-4-17(24)22-13-7-5-11(2)14(10-13)23-18(25)12-6-8-15(27-19(20)21)16(9-12)26-3/h5-10,19H,4H2,1-3H3,(H,22,24)(H,23,25). The maximum atomic E-state index is 12.5. The molecule has 2 rings (SSSR count). The molecule has 0 aliphatic carbocycles. The number of methoxy groups -OCH3 is 1. The second-order valence-electron chi connectivity index (χ2n) is 5.63. The molecule has 2 amide bonds. The lowest BCUT2D eigenvalue weighted by Crippen LogP contribution is -2.14. The van der Waals surface area contributed by atoms with Crippen molar-refractivity contribution in [1.82, 2.24) is 0 Å². The van der Waals surface area contributed by atoms with Gasteiger partial charge in [-0.25, -0.2) is 0 Å². The lowest BCUT2D eigenvalue weighted by molar-refractivity contribution is -0.115. The Labute approximate surface area is 155 Å². The highest BCUT2D eigenvalue weighted by atomic mass is 19.3. The van der Waals surface area contributed by atoms with Crippen LogP contribution >= 0.6 is 0 Å². The van der Waals surface area contributed by atoms with E-state index in [1.54, 1.807) is 32.0 Å². The Morgan fingerprint density at radius 3 is 2.44 bits per heavy atom. The summed E-state index contributed by atoms with van der Waals surface area (Å²) >= 11 is 0. The van der Waals surface area contributed by atoms with E-state index in [4.69, 9.17) is 4.74 Å². The molecule has 2 aromatic rings. The van der Waals surface area contributed by atoms with Gasteiger partial charge in [0.1, 0.15) is 0 Å². The summed E-state index contributed by atoms with van der Waals surface area (Å²) in [5.41, 5.74) is 2.07. The zero-order valence-corrected chi connectivity index (χ0v) is 15.1. The SMILES string of the molecule is CCC(=O)Nc1ccc(C)c(NC(=O)c2ccc(OC(F)F)c(OC)c2)c1. The van der Waals surface area contributed by atoms with Crippen molar-refractivity contribution in [2.24, 2.45) is 0 Å². The molecule has 0 saturated carbocycles. The van der Waals surface area contributed by atoms with Crippen LogP contribution in [0.15, 0.2) is 36.4 Å². The molecule has 8 heteroatoms. The molecule has 0 aromatic heterocycles. The van der Waals surface area contributed by atoms with Crippen LogP contribution in [0.1, 0.15) is 29.3 Å². The fraction of sp³-hybridized carbons (Fsp3) is 0.263. The Balaban J connectivity index is 2.21. The number of alkyl halides is 2. The van der Waals surface area contributed by atoms with Crippen LogP contribution in [0.5, 0.6) is 11.5 Å². The molecule has 2 aromatic carbocycles. The Bertz CT molecular complexity index is 840. The summed E-state index contributed by atoms with van der Waals surface area (Å²) in [4.78, 5) is 24.0. The Morgan fingerprint density at radius 1 is 1.07 bits per heavy atom. The highest BCUT2D eigenvalue weighted by molar-refractivity contribution is 6.05. The lowest BCUT2D eigenvalue weighted by atomic mass is 10.1. The molecule has 0 fully saturated rings. The molecule has 0 saturated heterocycles. The predicted molar refractivity (Wildman–Crippen MR) is 97.7 cm³/mol. The highest BCUT2D eigenvalue weighted by Gasteiger charge is 2.15. The predicted octanol–water partition coefficient (Wildman–Crippen LogP) is 4.21. The van der Waals surface area contributed by atoms with Crippen molar-refractivity contribution in [1.29, 1.82) is 0 Å². The van der Waals surface area contributed by atoms with Gasteiger partial charge in [-0.05, 0) is 42.8 Å². The molecule has 0 spiro atoms. The second kappa shape index (κ2) is 8.98. The van der Waals surface area contributed by atoms with Crippen LogP contribution in [0, 0.1) is 6.92 Å². The van der Waals surface area contributed by atoms with Gasteiger partial charge in [0.2, 0.25) is 5.91 Å².